The van der Waals surface area contributed by atoms with Gasteiger partial charge >= 0.3 is 5.97 Å². The summed E-state index contributed by atoms with van der Waals surface area (Å²) in [7, 11) is 0. The number of carbonyl (C=O) groups excluding carboxylic acids is 1. The number of hydrogen-bond donors (Lipinski definition) is 1. The van der Waals surface area contributed by atoms with Crippen molar-refractivity contribution in [2.24, 2.45) is 0 Å². The molecule has 0 aliphatic carbocycles. The molecule has 0 aromatic heterocycles. The maximum absolute atomic E-state index is 11.4. The van der Waals surface area contributed by atoms with Gasteiger partial charge in [-0.15, -0.1) is 0 Å². The molecule has 1 saturated heterocycles. The van der Waals surface area contributed by atoms with Gasteiger partial charge in [0.1, 0.15) is 6.61 Å². The van der Waals surface area contributed by atoms with Gasteiger partial charge in [0.25, 0.3) is 0 Å². The highest BCUT2D eigenvalue weighted by Crippen LogP contribution is 2.28. The molecule has 1 N–H and O–H groups in total. The summed E-state index contributed by atoms with van der Waals surface area (Å²) in [6.07, 6.45) is 13.9. The number of ether oxygens (including phenoxy) is 2. The highest BCUT2D eigenvalue weighted by molar-refractivity contribution is 5.77. The Morgan fingerprint density at radius 1 is 1.00 bits per heavy atom. The SMILES string of the molecule is CCCCCCCCCCCCC1OC1C(=O)OCCO. The van der Waals surface area contributed by atoms with E-state index >= 15 is 0 Å². The monoisotopic (exact) mass is 300 g/mol. The Morgan fingerprint density at radius 2 is 1.57 bits per heavy atom. The van der Waals surface area contributed by atoms with Crippen LogP contribution in [0.3, 0.4) is 0 Å². The number of esters is 1. The van der Waals surface area contributed by atoms with Crippen molar-refractivity contribution in [3.05, 3.63) is 0 Å². The maximum atomic E-state index is 11.4. The maximum Gasteiger partial charge on any atom is 0.338 e. The summed E-state index contributed by atoms with van der Waals surface area (Å²) in [5.41, 5.74) is 0. The van der Waals surface area contributed by atoms with E-state index in [1.807, 2.05) is 0 Å². The second kappa shape index (κ2) is 12.0. The third-order valence-electron chi connectivity index (χ3n) is 3.99. The number of unbranched alkanes of at least 4 members (excludes halogenated alkanes) is 9. The van der Waals surface area contributed by atoms with Crippen molar-refractivity contribution < 1.29 is 19.4 Å². The van der Waals surface area contributed by atoms with Crippen molar-refractivity contribution in [3.8, 4) is 0 Å². The van der Waals surface area contributed by atoms with Gasteiger partial charge in [0.15, 0.2) is 6.10 Å². The average molecular weight is 300 g/mol. The lowest BCUT2D eigenvalue weighted by atomic mass is 10.0. The first-order chi connectivity index (χ1) is 10.3. The van der Waals surface area contributed by atoms with Gasteiger partial charge in [0, 0.05) is 0 Å². The fraction of sp³-hybridized carbons (Fsp3) is 0.941. The van der Waals surface area contributed by atoms with Crippen LogP contribution in [-0.4, -0.2) is 36.5 Å². The molecule has 4 heteroatoms. The minimum atomic E-state index is -0.366. The number of epoxide rings is 1. The number of aliphatic hydroxyl groups is 1. The first-order valence-electron chi connectivity index (χ1n) is 8.72. The predicted octanol–water partition coefficient (Wildman–Crippen LogP) is 3.60. The van der Waals surface area contributed by atoms with Crippen LogP contribution in [0.25, 0.3) is 0 Å². The molecule has 0 aromatic rings. The number of aliphatic hydroxyl groups excluding tert-OH is 1. The molecular weight excluding hydrogens is 268 g/mol. The Labute approximate surface area is 129 Å². The molecule has 1 aliphatic heterocycles. The molecule has 21 heavy (non-hydrogen) atoms. The largest absolute Gasteiger partial charge is 0.461 e. The van der Waals surface area contributed by atoms with E-state index in [1.54, 1.807) is 0 Å². The normalized spacial score (nSPS) is 20.5. The first-order valence-corrected chi connectivity index (χ1v) is 8.72. The highest BCUT2D eigenvalue weighted by Gasteiger charge is 2.45. The molecule has 1 heterocycles. The Balaban J connectivity index is 1.80. The molecule has 0 amide bonds. The second-order valence-corrected chi connectivity index (χ2v) is 5.96. The number of hydrogen-bond acceptors (Lipinski definition) is 4. The van der Waals surface area contributed by atoms with Crippen LogP contribution in [0.5, 0.6) is 0 Å². The molecule has 0 aromatic carbocycles. The molecule has 0 spiro atoms. The smallest absolute Gasteiger partial charge is 0.338 e. The van der Waals surface area contributed by atoms with Crippen molar-refractivity contribution in [1.82, 2.24) is 0 Å². The summed E-state index contributed by atoms with van der Waals surface area (Å²) in [4.78, 5) is 11.4. The van der Waals surface area contributed by atoms with E-state index in [0.29, 0.717) is 0 Å². The van der Waals surface area contributed by atoms with Crippen LogP contribution in [-0.2, 0) is 14.3 Å². The van der Waals surface area contributed by atoms with Crippen LogP contribution < -0.4 is 0 Å². The van der Waals surface area contributed by atoms with Crippen LogP contribution in [0.2, 0.25) is 0 Å². The molecule has 0 saturated carbocycles. The fourth-order valence-electron chi connectivity index (χ4n) is 2.63. The molecular formula is C17H32O4. The van der Waals surface area contributed by atoms with Gasteiger partial charge in [0.05, 0.1) is 12.7 Å². The summed E-state index contributed by atoms with van der Waals surface area (Å²) in [5, 5.41) is 8.57. The molecule has 124 valence electrons. The summed E-state index contributed by atoms with van der Waals surface area (Å²) in [6, 6.07) is 0. The van der Waals surface area contributed by atoms with E-state index < -0.39 is 0 Å². The zero-order valence-corrected chi connectivity index (χ0v) is 13.5. The van der Waals surface area contributed by atoms with Gasteiger partial charge in [0.2, 0.25) is 0 Å². The summed E-state index contributed by atoms with van der Waals surface area (Å²) in [5.74, 6) is -0.318. The summed E-state index contributed by atoms with van der Waals surface area (Å²) < 4.78 is 10.1. The van der Waals surface area contributed by atoms with Crippen molar-refractivity contribution in [1.29, 1.82) is 0 Å². The van der Waals surface area contributed by atoms with Gasteiger partial charge < -0.3 is 14.6 Å². The standard InChI is InChI=1S/C17H32O4/c1-2-3-4-5-6-7-8-9-10-11-12-15-16(21-15)17(19)20-14-13-18/h15-16,18H,2-14H2,1H3. The molecule has 2 unspecified atom stereocenters. The summed E-state index contributed by atoms with van der Waals surface area (Å²) in [6.45, 7) is 2.20. The lowest BCUT2D eigenvalue weighted by Crippen LogP contribution is -2.16. The number of rotatable bonds is 14. The third-order valence-corrected chi connectivity index (χ3v) is 3.99. The van der Waals surface area contributed by atoms with Gasteiger partial charge in [-0.3, -0.25) is 0 Å². The van der Waals surface area contributed by atoms with Gasteiger partial charge in [-0.2, -0.15) is 0 Å². The van der Waals surface area contributed by atoms with Crippen molar-refractivity contribution >= 4 is 5.97 Å². The molecule has 1 aliphatic rings. The van der Waals surface area contributed by atoms with Crippen LogP contribution in [0.1, 0.15) is 77.6 Å². The minimum absolute atomic E-state index is 0.0604. The molecule has 0 bridgehead atoms. The van der Waals surface area contributed by atoms with E-state index in [4.69, 9.17) is 14.6 Å². The quantitative estimate of drug-likeness (QED) is 0.302. The zero-order valence-electron chi connectivity index (χ0n) is 13.5. The Kier molecular flexibility index (Phi) is 10.5. The van der Waals surface area contributed by atoms with E-state index in [-0.39, 0.29) is 31.4 Å². The Hall–Kier alpha value is -0.610. The van der Waals surface area contributed by atoms with E-state index in [1.165, 1.54) is 57.8 Å². The van der Waals surface area contributed by atoms with E-state index in [0.717, 1.165) is 12.8 Å². The lowest BCUT2D eigenvalue weighted by molar-refractivity contribution is -0.146. The minimum Gasteiger partial charge on any atom is -0.461 e. The van der Waals surface area contributed by atoms with E-state index in [2.05, 4.69) is 6.92 Å². The van der Waals surface area contributed by atoms with Crippen molar-refractivity contribution in [2.75, 3.05) is 13.2 Å². The van der Waals surface area contributed by atoms with Crippen LogP contribution in [0.4, 0.5) is 0 Å². The predicted molar refractivity (Wildman–Crippen MR) is 83.2 cm³/mol. The summed E-state index contributed by atoms with van der Waals surface area (Å²) >= 11 is 0. The zero-order chi connectivity index (χ0) is 15.3. The second-order valence-electron chi connectivity index (χ2n) is 5.96. The molecule has 1 rings (SSSR count). The Morgan fingerprint density at radius 3 is 2.14 bits per heavy atom. The Bertz CT molecular complexity index is 268. The average Bonchev–Trinajstić information content (AvgIpc) is 3.26. The van der Waals surface area contributed by atoms with Crippen LogP contribution >= 0.6 is 0 Å². The van der Waals surface area contributed by atoms with Crippen LogP contribution in [0.15, 0.2) is 0 Å². The van der Waals surface area contributed by atoms with Gasteiger partial charge in [-0.25, -0.2) is 4.79 Å². The van der Waals surface area contributed by atoms with E-state index in [9.17, 15) is 4.79 Å². The lowest BCUT2D eigenvalue weighted by Gasteiger charge is -2.02. The van der Waals surface area contributed by atoms with Gasteiger partial charge in [-0.05, 0) is 6.42 Å². The molecule has 2 atom stereocenters. The third kappa shape index (κ3) is 9.10. The fourth-order valence-corrected chi connectivity index (χ4v) is 2.63. The topological polar surface area (TPSA) is 59.1 Å². The van der Waals surface area contributed by atoms with Gasteiger partial charge in [-0.1, -0.05) is 71.1 Å². The molecule has 4 nitrogen and oxygen atoms in total. The molecule has 0 radical (unpaired) electrons. The van der Waals surface area contributed by atoms with Crippen molar-refractivity contribution in [2.45, 2.75) is 89.8 Å². The first kappa shape index (κ1) is 18.4. The number of carbonyl (C=O) groups is 1. The van der Waals surface area contributed by atoms with Crippen molar-refractivity contribution in [3.63, 3.8) is 0 Å². The van der Waals surface area contributed by atoms with Crippen LogP contribution in [0, 0.1) is 0 Å². The highest BCUT2D eigenvalue weighted by atomic mass is 16.6. The molecule has 1 fully saturated rings.